The van der Waals surface area contributed by atoms with Crippen LogP contribution in [0.4, 0.5) is 0 Å². The first-order chi connectivity index (χ1) is 10.1. The Labute approximate surface area is 124 Å². The fourth-order valence-corrected chi connectivity index (χ4v) is 3.59. The molecule has 4 nitrogen and oxygen atoms in total. The molecule has 0 bridgehead atoms. The first-order valence-electron chi connectivity index (χ1n) is 7.71. The Morgan fingerprint density at radius 1 is 1.14 bits per heavy atom. The molecule has 0 heterocycles. The van der Waals surface area contributed by atoms with Gasteiger partial charge in [0.1, 0.15) is 0 Å². The van der Waals surface area contributed by atoms with Crippen LogP contribution in [0.25, 0.3) is 0 Å². The van der Waals surface area contributed by atoms with Gasteiger partial charge in [0, 0.05) is 6.04 Å². The molecule has 2 aliphatic carbocycles. The van der Waals surface area contributed by atoms with Crippen molar-refractivity contribution in [2.24, 2.45) is 5.92 Å². The third-order valence-electron chi connectivity index (χ3n) is 5.09. The lowest BCUT2D eigenvalue weighted by Crippen LogP contribution is -2.51. The monoisotopic (exact) mass is 287 g/mol. The molecule has 2 atom stereocenters. The van der Waals surface area contributed by atoms with E-state index in [1.165, 1.54) is 0 Å². The molecule has 1 aromatic carbocycles. The molecule has 0 aromatic heterocycles. The average Bonchev–Trinajstić information content (AvgIpc) is 2.87. The van der Waals surface area contributed by atoms with Gasteiger partial charge in [-0.3, -0.25) is 9.59 Å². The summed E-state index contributed by atoms with van der Waals surface area (Å²) in [6.45, 7) is 0. The molecule has 0 saturated heterocycles. The smallest absolute Gasteiger partial charge is 0.306 e. The Hall–Kier alpha value is -1.84. The van der Waals surface area contributed by atoms with Crippen LogP contribution in [0.15, 0.2) is 30.3 Å². The van der Waals surface area contributed by atoms with E-state index in [1.54, 1.807) is 0 Å². The number of carbonyl (C=O) groups is 2. The van der Waals surface area contributed by atoms with Crippen molar-refractivity contribution in [3.05, 3.63) is 35.9 Å². The Kier molecular flexibility index (Phi) is 3.70. The fourth-order valence-electron chi connectivity index (χ4n) is 3.59. The number of hydrogen-bond donors (Lipinski definition) is 2. The van der Waals surface area contributed by atoms with Crippen LogP contribution in [0, 0.1) is 5.92 Å². The highest BCUT2D eigenvalue weighted by Gasteiger charge is 2.46. The zero-order chi connectivity index (χ0) is 14.9. The molecule has 0 spiro atoms. The molecule has 0 aliphatic heterocycles. The summed E-state index contributed by atoms with van der Waals surface area (Å²) in [6, 6.07) is 9.96. The third kappa shape index (κ3) is 2.55. The summed E-state index contributed by atoms with van der Waals surface area (Å²) in [7, 11) is 0. The topological polar surface area (TPSA) is 66.4 Å². The molecule has 2 aliphatic rings. The van der Waals surface area contributed by atoms with E-state index in [0.29, 0.717) is 12.8 Å². The number of nitrogens with one attached hydrogen (secondary N) is 1. The van der Waals surface area contributed by atoms with Crippen molar-refractivity contribution in [2.45, 2.75) is 50.0 Å². The molecule has 1 aromatic rings. The van der Waals surface area contributed by atoms with Crippen LogP contribution in [0.2, 0.25) is 0 Å². The predicted molar refractivity (Wildman–Crippen MR) is 78.9 cm³/mol. The number of benzene rings is 1. The molecule has 2 fully saturated rings. The summed E-state index contributed by atoms with van der Waals surface area (Å²) in [6.07, 6.45) is 4.85. The molecular weight excluding hydrogens is 266 g/mol. The second kappa shape index (κ2) is 5.51. The van der Waals surface area contributed by atoms with Crippen LogP contribution in [-0.2, 0) is 15.0 Å². The van der Waals surface area contributed by atoms with Gasteiger partial charge in [-0.2, -0.15) is 0 Å². The van der Waals surface area contributed by atoms with Crippen molar-refractivity contribution < 1.29 is 14.7 Å². The first kappa shape index (κ1) is 14.1. The van der Waals surface area contributed by atoms with Gasteiger partial charge in [-0.05, 0) is 37.7 Å². The molecule has 112 valence electrons. The van der Waals surface area contributed by atoms with E-state index in [1.807, 2.05) is 30.3 Å². The maximum atomic E-state index is 12.7. The number of carbonyl (C=O) groups excluding carboxylic acids is 1. The van der Waals surface area contributed by atoms with Gasteiger partial charge < -0.3 is 10.4 Å². The standard InChI is InChI=1S/C17H21NO3/c19-15(20)12-7-8-14(11-12)18-16(21)17(9-4-10-17)13-5-2-1-3-6-13/h1-3,5-6,12,14H,4,7-11H2,(H,18,21)(H,19,20). The van der Waals surface area contributed by atoms with E-state index in [0.717, 1.165) is 31.2 Å². The SMILES string of the molecule is O=C(O)C1CCC(NC(=O)C2(c3ccccc3)CCC2)C1. The van der Waals surface area contributed by atoms with E-state index in [4.69, 9.17) is 5.11 Å². The molecule has 2 N–H and O–H groups in total. The summed E-state index contributed by atoms with van der Waals surface area (Å²) in [5, 5.41) is 12.2. The highest BCUT2D eigenvalue weighted by molar-refractivity contribution is 5.89. The average molecular weight is 287 g/mol. The minimum Gasteiger partial charge on any atom is -0.481 e. The number of aliphatic carboxylic acids is 1. The molecule has 3 rings (SSSR count). The lowest BCUT2D eigenvalue weighted by atomic mass is 9.63. The lowest BCUT2D eigenvalue weighted by molar-refractivity contribution is -0.141. The number of rotatable bonds is 4. The van der Waals surface area contributed by atoms with Crippen LogP contribution in [0.3, 0.4) is 0 Å². The van der Waals surface area contributed by atoms with Crippen molar-refractivity contribution in [1.82, 2.24) is 5.32 Å². The highest BCUT2D eigenvalue weighted by Crippen LogP contribution is 2.44. The minimum atomic E-state index is -0.742. The van der Waals surface area contributed by atoms with Gasteiger partial charge in [0.05, 0.1) is 11.3 Å². The highest BCUT2D eigenvalue weighted by atomic mass is 16.4. The first-order valence-corrected chi connectivity index (χ1v) is 7.71. The number of amides is 1. The lowest BCUT2D eigenvalue weighted by Gasteiger charge is -2.41. The van der Waals surface area contributed by atoms with Gasteiger partial charge in [0.15, 0.2) is 0 Å². The van der Waals surface area contributed by atoms with E-state index in [9.17, 15) is 9.59 Å². The molecule has 4 heteroatoms. The largest absolute Gasteiger partial charge is 0.481 e. The Bertz CT molecular complexity index is 536. The predicted octanol–water partition coefficient (Wildman–Crippen LogP) is 2.48. The van der Waals surface area contributed by atoms with Crippen LogP contribution >= 0.6 is 0 Å². The molecule has 1 amide bonds. The minimum absolute atomic E-state index is 0.0137. The van der Waals surface area contributed by atoms with Crippen LogP contribution < -0.4 is 5.32 Å². The van der Waals surface area contributed by atoms with Gasteiger partial charge in [0.2, 0.25) is 5.91 Å². The van der Waals surface area contributed by atoms with Gasteiger partial charge in [0.25, 0.3) is 0 Å². The number of hydrogen-bond acceptors (Lipinski definition) is 2. The Morgan fingerprint density at radius 2 is 1.86 bits per heavy atom. The van der Waals surface area contributed by atoms with Crippen molar-refractivity contribution in [2.75, 3.05) is 0 Å². The van der Waals surface area contributed by atoms with Gasteiger partial charge >= 0.3 is 5.97 Å². The van der Waals surface area contributed by atoms with Crippen molar-refractivity contribution in [3.63, 3.8) is 0 Å². The summed E-state index contributed by atoms with van der Waals surface area (Å²) >= 11 is 0. The van der Waals surface area contributed by atoms with Gasteiger partial charge in [-0.1, -0.05) is 36.8 Å². The summed E-state index contributed by atoms with van der Waals surface area (Å²) in [5.74, 6) is -0.964. The maximum absolute atomic E-state index is 12.7. The summed E-state index contributed by atoms with van der Waals surface area (Å²) in [5.41, 5.74) is 0.698. The second-order valence-corrected chi connectivity index (χ2v) is 6.32. The van der Waals surface area contributed by atoms with Crippen LogP contribution in [0.1, 0.15) is 44.1 Å². The van der Waals surface area contributed by atoms with Gasteiger partial charge in [-0.25, -0.2) is 0 Å². The van der Waals surface area contributed by atoms with Crippen molar-refractivity contribution in [1.29, 1.82) is 0 Å². The normalized spacial score (nSPS) is 26.9. The summed E-state index contributed by atoms with van der Waals surface area (Å²) < 4.78 is 0. The van der Waals surface area contributed by atoms with Crippen LogP contribution in [0.5, 0.6) is 0 Å². The van der Waals surface area contributed by atoms with E-state index in [2.05, 4.69) is 5.32 Å². The zero-order valence-corrected chi connectivity index (χ0v) is 12.0. The molecular formula is C17H21NO3. The quantitative estimate of drug-likeness (QED) is 0.894. The molecule has 2 unspecified atom stereocenters. The second-order valence-electron chi connectivity index (χ2n) is 6.32. The van der Waals surface area contributed by atoms with Crippen molar-refractivity contribution >= 4 is 11.9 Å². The molecule has 0 radical (unpaired) electrons. The van der Waals surface area contributed by atoms with E-state index < -0.39 is 5.97 Å². The van der Waals surface area contributed by atoms with Crippen molar-refractivity contribution in [3.8, 4) is 0 Å². The zero-order valence-electron chi connectivity index (χ0n) is 12.0. The maximum Gasteiger partial charge on any atom is 0.306 e. The van der Waals surface area contributed by atoms with E-state index >= 15 is 0 Å². The van der Waals surface area contributed by atoms with E-state index in [-0.39, 0.29) is 23.3 Å². The molecule has 2 saturated carbocycles. The third-order valence-corrected chi connectivity index (χ3v) is 5.09. The van der Waals surface area contributed by atoms with Gasteiger partial charge in [-0.15, -0.1) is 0 Å². The Balaban J connectivity index is 1.69. The molecule has 21 heavy (non-hydrogen) atoms. The Morgan fingerprint density at radius 3 is 2.38 bits per heavy atom. The number of carboxylic acids is 1. The number of carboxylic acid groups (broad SMARTS) is 1. The summed E-state index contributed by atoms with van der Waals surface area (Å²) in [4.78, 5) is 23.7. The fraction of sp³-hybridized carbons (Fsp3) is 0.529. The van der Waals surface area contributed by atoms with Crippen LogP contribution in [-0.4, -0.2) is 23.0 Å².